The number of unbranched alkanes of at least 4 members (excludes halogenated alkanes) is 3. The van der Waals surface area contributed by atoms with Crippen LogP contribution in [0.5, 0.6) is 5.75 Å². The zero-order chi connectivity index (χ0) is 32.5. The second-order valence-corrected chi connectivity index (χ2v) is 12.2. The predicted molar refractivity (Wildman–Crippen MR) is 165 cm³/mol. The minimum Gasteiger partial charge on any atom is -0.484 e. The Morgan fingerprint density at radius 3 is 2.11 bits per heavy atom. The van der Waals surface area contributed by atoms with Crippen molar-refractivity contribution in [1.82, 2.24) is 0 Å². The fraction of sp³-hybridized carbons (Fsp3) is 0.647. The van der Waals surface area contributed by atoms with Crippen molar-refractivity contribution in [3.63, 3.8) is 0 Å². The van der Waals surface area contributed by atoms with Crippen LogP contribution in [0.25, 0.3) is 0 Å². The fourth-order valence-electron chi connectivity index (χ4n) is 5.73. The summed E-state index contributed by atoms with van der Waals surface area (Å²) in [5.41, 5.74) is 1.09. The minimum atomic E-state index is -4.41. The number of rotatable bonds is 18. The zero-order valence-corrected chi connectivity index (χ0v) is 27.1. The topological polar surface area (TPSA) is 75.6 Å². The Bertz CT molecular complexity index is 1200. The van der Waals surface area contributed by atoms with Crippen molar-refractivity contribution in [2.24, 2.45) is 0 Å². The van der Waals surface area contributed by atoms with E-state index in [0.717, 1.165) is 49.7 Å². The summed E-state index contributed by atoms with van der Waals surface area (Å²) < 4.78 is 75.4. The molecule has 2 bridgehead atoms. The summed E-state index contributed by atoms with van der Waals surface area (Å²) in [4.78, 5) is 0. The molecule has 0 amide bonds. The van der Waals surface area contributed by atoms with Gasteiger partial charge in [0.2, 0.25) is 5.79 Å². The Morgan fingerprint density at radius 1 is 0.889 bits per heavy atom. The van der Waals surface area contributed by atoms with Crippen molar-refractivity contribution in [3.05, 3.63) is 64.2 Å². The van der Waals surface area contributed by atoms with Gasteiger partial charge in [-0.15, -0.1) is 0 Å². The van der Waals surface area contributed by atoms with Gasteiger partial charge in [-0.25, -0.2) is 0 Å². The van der Waals surface area contributed by atoms with Gasteiger partial charge in [0.25, 0.3) is 0 Å². The molecule has 2 fully saturated rings. The molecule has 45 heavy (non-hydrogen) atoms. The highest BCUT2D eigenvalue weighted by Crippen LogP contribution is 2.52. The lowest BCUT2D eigenvalue weighted by atomic mass is 9.83. The van der Waals surface area contributed by atoms with E-state index in [0.29, 0.717) is 36.8 Å². The van der Waals surface area contributed by atoms with Gasteiger partial charge in [0.05, 0.1) is 13.2 Å². The smallest absolute Gasteiger partial charge is 0.422 e. The average molecular weight is 659 g/mol. The van der Waals surface area contributed by atoms with Crippen LogP contribution < -0.4 is 4.74 Å². The summed E-state index contributed by atoms with van der Waals surface area (Å²) in [6.45, 7) is 6.11. The van der Waals surface area contributed by atoms with E-state index in [1.54, 1.807) is 18.2 Å². The van der Waals surface area contributed by atoms with Crippen molar-refractivity contribution in [2.75, 3.05) is 39.6 Å². The molecule has 0 spiro atoms. The fourth-order valence-corrected chi connectivity index (χ4v) is 5.92. The van der Waals surface area contributed by atoms with Crippen LogP contribution in [-0.4, -0.2) is 74.8 Å². The summed E-state index contributed by atoms with van der Waals surface area (Å²) in [6.07, 6.45) is -0.529. The van der Waals surface area contributed by atoms with Gasteiger partial charge in [-0.05, 0) is 61.1 Å². The van der Waals surface area contributed by atoms with Crippen molar-refractivity contribution < 1.29 is 46.7 Å². The molecule has 252 valence electrons. The van der Waals surface area contributed by atoms with Gasteiger partial charge in [-0.1, -0.05) is 69.8 Å². The summed E-state index contributed by atoms with van der Waals surface area (Å²) >= 11 is 6.67. The first kappa shape index (κ1) is 35.9. The molecular formula is C34H46ClF3O7. The summed E-state index contributed by atoms with van der Waals surface area (Å²) in [5, 5.41) is 11.3. The monoisotopic (exact) mass is 658 g/mol. The lowest BCUT2D eigenvalue weighted by molar-refractivity contribution is -0.349. The highest BCUT2D eigenvalue weighted by atomic mass is 35.5. The molecular weight excluding hydrogens is 613 g/mol. The molecule has 2 aliphatic heterocycles. The number of aliphatic hydroxyl groups excluding tert-OH is 1. The largest absolute Gasteiger partial charge is 0.484 e. The SMILES string of the molecule is CCCCO[C@@H]1[C@@H](OCCCC)[C@@]2(c3ccc(Cl)c(Cc4ccc(OCC(F)(F)F)cc4)c3)OC[C@](CO)(O2)[C@H]1OCCCC. The van der Waals surface area contributed by atoms with E-state index in [-0.39, 0.29) is 19.0 Å². The maximum absolute atomic E-state index is 12.6. The van der Waals surface area contributed by atoms with Crippen molar-refractivity contribution in [2.45, 2.75) is 102 Å². The first-order chi connectivity index (χ1) is 21.6. The average Bonchev–Trinajstić information content (AvgIpc) is 3.38. The number of halogens is 4. The molecule has 4 rings (SSSR count). The van der Waals surface area contributed by atoms with E-state index in [1.165, 1.54) is 12.1 Å². The van der Waals surface area contributed by atoms with Gasteiger partial charge in [0.15, 0.2) is 6.61 Å². The van der Waals surface area contributed by atoms with Crippen molar-refractivity contribution in [3.8, 4) is 5.75 Å². The lowest BCUT2D eigenvalue weighted by Gasteiger charge is -2.50. The molecule has 11 heteroatoms. The molecule has 2 heterocycles. The lowest BCUT2D eigenvalue weighted by Crippen LogP contribution is -2.67. The number of benzene rings is 2. The van der Waals surface area contributed by atoms with E-state index in [2.05, 4.69) is 20.8 Å². The van der Waals surface area contributed by atoms with Crippen LogP contribution in [0.4, 0.5) is 13.2 Å². The molecule has 2 aliphatic rings. The van der Waals surface area contributed by atoms with Crippen LogP contribution in [0.15, 0.2) is 42.5 Å². The Balaban J connectivity index is 1.68. The molecule has 1 N–H and O–H groups in total. The van der Waals surface area contributed by atoms with Crippen LogP contribution in [0.1, 0.15) is 76.0 Å². The highest BCUT2D eigenvalue weighted by Gasteiger charge is 2.69. The van der Waals surface area contributed by atoms with Crippen molar-refractivity contribution in [1.29, 1.82) is 0 Å². The van der Waals surface area contributed by atoms with E-state index < -0.39 is 42.5 Å². The standard InChI is InChI=1S/C34H46ClF3O7/c1-4-7-16-40-29-30(41-17-8-5-2)32(21-39)22-44-34(45-32,31(29)42-18-9-6-3)26-12-15-28(35)25(20-26)19-24-10-13-27(14-11-24)43-23-33(36,37)38/h10-15,20,29-31,39H,4-9,16-19,21-23H2,1-3H3/t29-,30-,31+,32-,34-/m0/s1. The number of aliphatic hydroxyl groups is 1. The second kappa shape index (κ2) is 16.3. The number of ether oxygens (including phenoxy) is 6. The van der Waals surface area contributed by atoms with Gasteiger partial charge in [-0.2, -0.15) is 13.2 Å². The molecule has 0 radical (unpaired) electrons. The molecule has 2 aromatic carbocycles. The number of hydrogen-bond donors (Lipinski definition) is 1. The van der Waals surface area contributed by atoms with Gasteiger partial charge >= 0.3 is 6.18 Å². The molecule has 5 atom stereocenters. The van der Waals surface area contributed by atoms with Gasteiger partial charge in [0.1, 0.15) is 29.7 Å². The van der Waals surface area contributed by atoms with Gasteiger partial charge in [0, 0.05) is 30.4 Å². The Hall–Kier alpha value is -1.92. The Morgan fingerprint density at radius 2 is 1.51 bits per heavy atom. The molecule has 0 aromatic heterocycles. The number of hydrogen-bond acceptors (Lipinski definition) is 7. The third-order valence-corrected chi connectivity index (χ3v) is 8.58. The first-order valence-electron chi connectivity index (χ1n) is 16.0. The minimum absolute atomic E-state index is 0.0823. The molecule has 0 saturated carbocycles. The first-order valence-corrected chi connectivity index (χ1v) is 16.4. The molecule has 0 unspecified atom stereocenters. The normalized spacial score (nSPS) is 26.4. The van der Waals surface area contributed by atoms with Crippen LogP contribution in [0.2, 0.25) is 5.02 Å². The van der Waals surface area contributed by atoms with Crippen LogP contribution in [0, 0.1) is 0 Å². The third kappa shape index (κ3) is 8.71. The molecule has 7 nitrogen and oxygen atoms in total. The number of fused-ring (bicyclic) bond motifs is 2. The van der Waals surface area contributed by atoms with Crippen LogP contribution in [-0.2, 0) is 35.9 Å². The quantitative estimate of drug-likeness (QED) is 0.168. The molecule has 2 aromatic rings. The highest BCUT2D eigenvalue weighted by molar-refractivity contribution is 6.31. The third-order valence-electron chi connectivity index (χ3n) is 8.21. The van der Waals surface area contributed by atoms with Gasteiger partial charge < -0.3 is 33.5 Å². The Kier molecular flexibility index (Phi) is 13.0. The Labute approximate surface area is 269 Å². The zero-order valence-electron chi connectivity index (χ0n) is 26.4. The van der Waals surface area contributed by atoms with E-state index in [9.17, 15) is 18.3 Å². The van der Waals surface area contributed by atoms with Crippen molar-refractivity contribution >= 4 is 11.6 Å². The number of alkyl halides is 3. The van der Waals surface area contributed by atoms with Crippen LogP contribution >= 0.6 is 11.6 Å². The van der Waals surface area contributed by atoms with E-state index in [4.69, 9.17) is 40.0 Å². The predicted octanol–water partition coefficient (Wildman–Crippen LogP) is 7.37. The summed E-state index contributed by atoms with van der Waals surface area (Å²) in [5.74, 6) is -1.27. The second-order valence-electron chi connectivity index (χ2n) is 11.8. The van der Waals surface area contributed by atoms with E-state index in [1.807, 2.05) is 12.1 Å². The van der Waals surface area contributed by atoms with Gasteiger partial charge in [-0.3, -0.25) is 0 Å². The maximum atomic E-state index is 12.6. The molecule has 0 aliphatic carbocycles. The van der Waals surface area contributed by atoms with Crippen LogP contribution in [0.3, 0.4) is 0 Å². The maximum Gasteiger partial charge on any atom is 0.422 e. The molecule has 2 saturated heterocycles. The van der Waals surface area contributed by atoms with E-state index >= 15 is 0 Å². The summed E-state index contributed by atoms with van der Waals surface area (Å²) in [7, 11) is 0. The summed E-state index contributed by atoms with van der Waals surface area (Å²) in [6, 6.07) is 11.9.